The summed E-state index contributed by atoms with van der Waals surface area (Å²) in [6.45, 7) is 8.18. The van der Waals surface area contributed by atoms with Crippen LogP contribution in [0.1, 0.15) is 64.6 Å². The minimum Gasteiger partial charge on any atom is -0.469 e. The van der Waals surface area contributed by atoms with E-state index in [4.69, 9.17) is 14.1 Å². The maximum Gasteiger partial charge on any atom is 0.224 e. The van der Waals surface area contributed by atoms with Crippen LogP contribution in [0, 0.1) is 5.92 Å². The van der Waals surface area contributed by atoms with Gasteiger partial charge in [-0.15, -0.1) is 24.0 Å². The molecule has 8 heteroatoms. The number of methoxy groups -OCH3 is 1. The Labute approximate surface area is 211 Å². The lowest BCUT2D eigenvalue weighted by Gasteiger charge is -2.33. The number of nitrogens with zero attached hydrogens (tertiary/aromatic N) is 2. The first kappa shape index (κ1) is 28.7. The Hall–Kier alpha value is -1.29. The zero-order valence-electron chi connectivity index (χ0n) is 20.1. The van der Waals surface area contributed by atoms with Gasteiger partial charge in [0.15, 0.2) is 5.96 Å². The van der Waals surface area contributed by atoms with Crippen LogP contribution in [0.4, 0.5) is 0 Å². The fourth-order valence-electron chi connectivity index (χ4n) is 3.86. The number of ether oxygens (including phenoxy) is 1. The Balaban J connectivity index is 0.00000512. The normalized spacial score (nSPS) is 15.8. The number of likely N-dealkylation sites (tertiary alicyclic amines) is 1. The van der Waals surface area contributed by atoms with Gasteiger partial charge in [0.1, 0.15) is 5.76 Å². The van der Waals surface area contributed by atoms with Crippen molar-refractivity contribution in [3.63, 3.8) is 0 Å². The Morgan fingerprint density at radius 3 is 2.75 bits per heavy atom. The summed E-state index contributed by atoms with van der Waals surface area (Å²) in [5.74, 6) is 2.67. The zero-order chi connectivity index (χ0) is 22.3. The molecule has 1 aromatic heterocycles. The summed E-state index contributed by atoms with van der Waals surface area (Å²) >= 11 is 0. The van der Waals surface area contributed by atoms with E-state index in [0.717, 1.165) is 63.6 Å². The van der Waals surface area contributed by atoms with Crippen molar-refractivity contribution in [3.8, 4) is 0 Å². The molecule has 1 aromatic rings. The number of aliphatic imine (C=N–C) groups is 1. The van der Waals surface area contributed by atoms with E-state index in [1.165, 1.54) is 19.3 Å². The van der Waals surface area contributed by atoms with Crippen LogP contribution < -0.4 is 10.6 Å². The number of carbonyl (C=O) groups excluding carboxylic acids is 1. The molecule has 0 saturated carbocycles. The minimum atomic E-state index is 0. The second-order valence-electron chi connectivity index (χ2n) is 8.40. The van der Waals surface area contributed by atoms with Gasteiger partial charge in [-0.2, -0.15) is 0 Å². The van der Waals surface area contributed by atoms with Gasteiger partial charge in [-0.25, -0.2) is 0 Å². The molecular formula is C24H43IN4O3. The molecule has 1 amide bonds. The number of rotatable bonds is 13. The zero-order valence-corrected chi connectivity index (χ0v) is 22.4. The lowest BCUT2D eigenvalue weighted by molar-refractivity contribution is -0.133. The van der Waals surface area contributed by atoms with Crippen LogP contribution in [0.25, 0.3) is 0 Å². The third-order valence-corrected chi connectivity index (χ3v) is 6.00. The maximum atomic E-state index is 12.2. The molecule has 0 radical (unpaired) electrons. The molecular weight excluding hydrogens is 519 g/mol. The van der Waals surface area contributed by atoms with Crippen molar-refractivity contribution in [1.29, 1.82) is 0 Å². The monoisotopic (exact) mass is 562 g/mol. The quantitative estimate of drug-likeness (QED) is 0.214. The van der Waals surface area contributed by atoms with Gasteiger partial charge in [-0.1, -0.05) is 33.1 Å². The highest BCUT2D eigenvalue weighted by Gasteiger charge is 2.23. The highest BCUT2D eigenvalue weighted by molar-refractivity contribution is 14.0. The standard InChI is InChI=1S/C24H42N4O3.HI/c1-4-6-8-20(5-2)19-26-24(25-14-10-22-9-7-17-31-22)27-21-11-15-28(16-12-21)23(29)13-18-30-3;/h7,9,17,20-21H,4-6,8,10-16,18-19H2,1-3H3,(H2,25,26,27);1H. The molecule has 32 heavy (non-hydrogen) atoms. The van der Waals surface area contributed by atoms with Gasteiger partial charge in [0.2, 0.25) is 5.91 Å². The van der Waals surface area contributed by atoms with Gasteiger partial charge in [0, 0.05) is 45.8 Å². The summed E-state index contributed by atoms with van der Waals surface area (Å²) < 4.78 is 10.5. The molecule has 1 unspecified atom stereocenters. The Bertz CT molecular complexity index is 631. The fraction of sp³-hybridized carbons (Fsp3) is 0.750. The predicted molar refractivity (Wildman–Crippen MR) is 141 cm³/mol. The van der Waals surface area contributed by atoms with E-state index in [2.05, 4.69) is 24.5 Å². The first-order valence-electron chi connectivity index (χ1n) is 12.0. The average Bonchev–Trinajstić information content (AvgIpc) is 3.31. The number of hydrogen-bond donors (Lipinski definition) is 2. The molecule has 2 rings (SSSR count). The Morgan fingerprint density at radius 2 is 2.12 bits per heavy atom. The molecule has 2 N–H and O–H groups in total. The minimum absolute atomic E-state index is 0. The van der Waals surface area contributed by atoms with Gasteiger partial charge in [-0.3, -0.25) is 9.79 Å². The average molecular weight is 563 g/mol. The lowest BCUT2D eigenvalue weighted by Crippen LogP contribution is -2.50. The number of furan rings is 1. The first-order chi connectivity index (χ1) is 15.2. The van der Waals surface area contributed by atoms with E-state index < -0.39 is 0 Å². The SMILES string of the molecule is CCCCC(CC)CN=C(NCCc1ccco1)NC1CCN(C(=O)CCOC)CC1.I. The van der Waals surface area contributed by atoms with Crippen LogP contribution in [0.15, 0.2) is 27.8 Å². The van der Waals surface area contributed by atoms with Crippen LogP contribution in [0.2, 0.25) is 0 Å². The van der Waals surface area contributed by atoms with Crippen molar-refractivity contribution >= 4 is 35.8 Å². The van der Waals surface area contributed by atoms with E-state index >= 15 is 0 Å². The molecule has 1 fully saturated rings. The summed E-state index contributed by atoms with van der Waals surface area (Å²) in [7, 11) is 1.63. The molecule has 1 saturated heterocycles. The second-order valence-corrected chi connectivity index (χ2v) is 8.40. The number of hydrogen-bond acceptors (Lipinski definition) is 4. The number of unbranched alkanes of at least 4 members (excludes halogenated alkanes) is 1. The van der Waals surface area contributed by atoms with Crippen molar-refractivity contribution in [2.24, 2.45) is 10.9 Å². The Kier molecular flexibility index (Phi) is 15.5. The molecule has 1 atom stereocenters. The number of amides is 1. The molecule has 2 heterocycles. The summed E-state index contributed by atoms with van der Waals surface area (Å²) in [6, 6.07) is 4.25. The smallest absolute Gasteiger partial charge is 0.224 e. The summed E-state index contributed by atoms with van der Waals surface area (Å²) in [5, 5.41) is 7.10. The van der Waals surface area contributed by atoms with Gasteiger partial charge < -0.3 is 24.7 Å². The predicted octanol–water partition coefficient (Wildman–Crippen LogP) is 4.22. The van der Waals surface area contributed by atoms with Crippen LogP contribution in [-0.4, -0.2) is 62.7 Å². The van der Waals surface area contributed by atoms with E-state index in [-0.39, 0.29) is 29.9 Å². The van der Waals surface area contributed by atoms with Crippen molar-refractivity contribution in [2.75, 3.05) is 39.9 Å². The van der Waals surface area contributed by atoms with Gasteiger partial charge >= 0.3 is 0 Å². The van der Waals surface area contributed by atoms with Crippen LogP contribution in [0.5, 0.6) is 0 Å². The van der Waals surface area contributed by atoms with Crippen molar-refractivity contribution in [3.05, 3.63) is 24.2 Å². The van der Waals surface area contributed by atoms with Crippen molar-refractivity contribution in [2.45, 2.75) is 71.3 Å². The number of guanidine groups is 1. The molecule has 184 valence electrons. The number of piperidine rings is 1. The Morgan fingerprint density at radius 1 is 1.34 bits per heavy atom. The topological polar surface area (TPSA) is 79.1 Å². The highest BCUT2D eigenvalue weighted by atomic mass is 127. The van der Waals surface area contributed by atoms with Gasteiger partial charge in [-0.05, 0) is 37.3 Å². The number of halogens is 1. The maximum absolute atomic E-state index is 12.2. The molecule has 0 spiro atoms. The highest BCUT2D eigenvalue weighted by Crippen LogP contribution is 2.14. The number of carbonyl (C=O) groups is 1. The molecule has 1 aliphatic heterocycles. The largest absolute Gasteiger partial charge is 0.469 e. The van der Waals surface area contributed by atoms with E-state index in [1.54, 1.807) is 13.4 Å². The molecule has 1 aliphatic rings. The van der Waals surface area contributed by atoms with Crippen LogP contribution >= 0.6 is 24.0 Å². The van der Waals surface area contributed by atoms with Crippen LogP contribution in [0.3, 0.4) is 0 Å². The van der Waals surface area contributed by atoms with Gasteiger partial charge in [0.05, 0.1) is 19.3 Å². The first-order valence-corrected chi connectivity index (χ1v) is 12.0. The van der Waals surface area contributed by atoms with E-state index in [1.807, 2.05) is 17.0 Å². The van der Waals surface area contributed by atoms with Crippen molar-refractivity contribution in [1.82, 2.24) is 15.5 Å². The number of nitrogens with one attached hydrogen (secondary N) is 2. The summed E-state index contributed by atoms with van der Waals surface area (Å²) in [6.07, 6.45) is 9.76. The summed E-state index contributed by atoms with van der Waals surface area (Å²) in [5.41, 5.74) is 0. The second kappa shape index (κ2) is 17.2. The van der Waals surface area contributed by atoms with Crippen molar-refractivity contribution < 1.29 is 13.9 Å². The van der Waals surface area contributed by atoms with Crippen LogP contribution in [-0.2, 0) is 16.0 Å². The molecule has 7 nitrogen and oxygen atoms in total. The fourth-order valence-corrected chi connectivity index (χ4v) is 3.86. The third-order valence-electron chi connectivity index (χ3n) is 6.00. The van der Waals surface area contributed by atoms with Gasteiger partial charge in [0.25, 0.3) is 0 Å². The van der Waals surface area contributed by atoms with E-state index in [0.29, 0.717) is 25.0 Å². The summed E-state index contributed by atoms with van der Waals surface area (Å²) in [4.78, 5) is 19.1. The molecule has 0 bridgehead atoms. The lowest BCUT2D eigenvalue weighted by atomic mass is 10.00. The van der Waals surface area contributed by atoms with E-state index in [9.17, 15) is 4.79 Å². The third kappa shape index (κ3) is 11.0. The molecule has 0 aromatic carbocycles. The molecule has 0 aliphatic carbocycles.